The molecule has 0 atom stereocenters. The van der Waals surface area contributed by atoms with Gasteiger partial charge in [0.05, 0.1) is 19.7 Å². The van der Waals surface area contributed by atoms with Crippen LogP contribution in [0, 0.1) is 0 Å². The first-order valence-corrected chi connectivity index (χ1v) is 8.24. The van der Waals surface area contributed by atoms with Crippen molar-refractivity contribution in [2.75, 3.05) is 20.8 Å². The highest BCUT2D eigenvalue weighted by Crippen LogP contribution is 2.31. The molecular weight excluding hydrogens is 332 g/mol. The summed E-state index contributed by atoms with van der Waals surface area (Å²) in [6.07, 6.45) is 0.407. The SMILES string of the molecule is COc1ccc(OC)c2[nH]c(=O)c(CCNC(=O)c3ccccc3)cc12. The van der Waals surface area contributed by atoms with E-state index in [-0.39, 0.29) is 11.5 Å². The van der Waals surface area contributed by atoms with Crippen LogP contribution in [0.2, 0.25) is 0 Å². The van der Waals surface area contributed by atoms with Crippen LogP contribution in [0.4, 0.5) is 0 Å². The number of amides is 1. The molecule has 0 aliphatic heterocycles. The summed E-state index contributed by atoms with van der Waals surface area (Å²) in [5, 5.41) is 3.59. The molecule has 0 unspecified atom stereocenters. The number of carbonyl (C=O) groups is 1. The van der Waals surface area contributed by atoms with E-state index in [1.54, 1.807) is 44.6 Å². The molecule has 134 valence electrons. The molecule has 0 saturated heterocycles. The van der Waals surface area contributed by atoms with E-state index in [1.807, 2.05) is 18.2 Å². The van der Waals surface area contributed by atoms with Gasteiger partial charge in [-0.2, -0.15) is 0 Å². The maximum atomic E-state index is 12.4. The molecule has 0 aliphatic rings. The zero-order chi connectivity index (χ0) is 18.5. The minimum atomic E-state index is -0.210. The standard InChI is InChI=1S/C20H20N2O4/c1-25-16-8-9-17(26-2)18-15(16)12-14(20(24)22-18)10-11-21-19(23)13-6-4-3-5-7-13/h3-9,12H,10-11H2,1-2H3,(H,21,23)(H,22,24). The lowest BCUT2D eigenvalue weighted by molar-refractivity contribution is 0.0954. The molecule has 0 bridgehead atoms. The van der Waals surface area contributed by atoms with Crippen molar-refractivity contribution in [3.8, 4) is 11.5 Å². The zero-order valence-corrected chi connectivity index (χ0v) is 14.7. The van der Waals surface area contributed by atoms with Crippen molar-refractivity contribution in [3.05, 3.63) is 70.0 Å². The van der Waals surface area contributed by atoms with Gasteiger partial charge in [-0.05, 0) is 36.8 Å². The minimum Gasteiger partial charge on any atom is -0.496 e. The summed E-state index contributed by atoms with van der Waals surface area (Å²) in [7, 11) is 3.12. The number of hydrogen-bond acceptors (Lipinski definition) is 4. The van der Waals surface area contributed by atoms with Crippen LogP contribution in [-0.4, -0.2) is 31.7 Å². The smallest absolute Gasteiger partial charge is 0.251 e. The number of nitrogens with one attached hydrogen (secondary N) is 2. The van der Waals surface area contributed by atoms with Gasteiger partial charge in [-0.25, -0.2) is 0 Å². The third-order valence-corrected chi connectivity index (χ3v) is 4.17. The number of pyridine rings is 1. The normalized spacial score (nSPS) is 10.5. The molecule has 0 saturated carbocycles. The summed E-state index contributed by atoms with van der Waals surface area (Å²) < 4.78 is 10.7. The Morgan fingerprint density at radius 1 is 1.04 bits per heavy atom. The lowest BCUT2D eigenvalue weighted by atomic mass is 10.1. The van der Waals surface area contributed by atoms with Gasteiger partial charge in [0, 0.05) is 23.1 Å². The summed E-state index contributed by atoms with van der Waals surface area (Å²) in [4.78, 5) is 27.3. The Balaban J connectivity index is 1.81. The van der Waals surface area contributed by atoms with E-state index in [4.69, 9.17) is 9.47 Å². The summed E-state index contributed by atoms with van der Waals surface area (Å²) in [6, 6.07) is 14.3. The first-order valence-electron chi connectivity index (χ1n) is 8.24. The van der Waals surface area contributed by atoms with Gasteiger partial charge >= 0.3 is 0 Å². The number of ether oxygens (including phenoxy) is 2. The van der Waals surface area contributed by atoms with Gasteiger partial charge in [-0.3, -0.25) is 9.59 Å². The van der Waals surface area contributed by atoms with Crippen LogP contribution in [0.25, 0.3) is 10.9 Å². The second-order valence-corrected chi connectivity index (χ2v) is 5.75. The predicted molar refractivity (Wildman–Crippen MR) is 100 cm³/mol. The number of fused-ring (bicyclic) bond motifs is 1. The number of aromatic nitrogens is 1. The van der Waals surface area contributed by atoms with E-state index in [2.05, 4.69) is 10.3 Å². The van der Waals surface area contributed by atoms with Crippen LogP contribution in [0.3, 0.4) is 0 Å². The molecule has 6 nitrogen and oxygen atoms in total. The van der Waals surface area contributed by atoms with Crippen LogP contribution in [0.1, 0.15) is 15.9 Å². The van der Waals surface area contributed by atoms with Gasteiger partial charge in [-0.15, -0.1) is 0 Å². The summed E-state index contributed by atoms with van der Waals surface area (Å²) in [6.45, 7) is 0.356. The van der Waals surface area contributed by atoms with Crippen molar-refractivity contribution < 1.29 is 14.3 Å². The van der Waals surface area contributed by atoms with Gasteiger partial charge in [0.15, 0.2) is 0 Å². The molecular formula is C20H20N2O4. The Bertz CT molecular complexity index is 980. The third-order valence-electron chi connectivity index (χ3n) is 4.17. The largest absolute Gasteiger partial charge is 0.496 e. The number of benzene rings is 2. The second kappa shape index (κ2) is 7.74. The maximum Gasteiger partial charge on any atom is 0.251 e. The van der Waals surface area contributed by atoms with Crippen LogP contribution in [0.15, 0.2) is 53.3 Å². The lowest BCUT2D eigenvalue weighted by Crippen LogP contribution is -2.27. The molecule has 26 heavy (non-hydrogen) atoms. The first-order chi connectivity index (χ1) is 12.6. The van der Waals surface area contributed by atoms with Crippen LogP contribution < -0.4 is 20.3 Å². The van der Waals surface area contributed by atoms with Crippen molar-refractivity contribution >= 4 is 16.8 Å². The Morgan fingerprint density at radius 3 is 2.42 bits per heavy atom. The van der Waals surface area contributed by atoms with Crippen molar-refractivity contribution in [2.24, 2.45) is 0 Å². The molecule has 2 N–H and O–H groups in total. The van der Waals surface area contributed by atoms with E-state index in [0.29, 0.717) is 41.1 Å². The highest BCUT2D eigenvalue weighted by atomic mass is 16.5. The van der Waals surface area contributed by atoms with Crippen molar-refractivity contribution in [2.45, 2.75) is 6.42 Å². The van der Waals surface area contributed by atoms with E-state index < -0.39 is 0 Å². The van der Waals surface area contributed by atoms with Gasteiger partial charge in [0.2, 0.25) is 0 Å². The average molecular weight is 352 g/mol. The zero-order valence-electron chi connectivity index (χ0n) is 14.7. The van der Waals surface area contributed by atoms with Gasteiger partial charge in [0.25, 0.3) is 11.5 Å². The van der Waals surface area contributed by atoms with Crippen LogP contribution in [-0.2, 0) is 6.42 Å². The molecule has 3 aromatic rings. The molecule has 1 amide bonds. The first kappa shape index (κ1) is 17.5. The van der Waals surface area contributed by atoms with Gasteiger partial charge < -0.3 is 19.8 Å². The van der Waals surface area contributed by atoms with Crippen molar-refractivity contribution in [3.63, 3.8) is 0 Å². The molecule has 0 spiro atoms. The highest BCUT2D eigenvalue weighted by molar-refractivity contribution is 5.94. The number of hydrogen-bond donors (Lipinski definition) is 2. The van der Waals surface area contributed by atoms with Crippen molar-refractivity contribution in [1.82, 2.24) is 10.3 Å². The molecule has 6 heteroatoms. The van der Waals surface area contributed by atoms with E-state index in [9.17, 15) is 9.59 Å². The molecule has 0 fully saturated rings. The summed E-state index contributed by atoms with van der Waals surface area (Å²) >= 11 is 0. The fraction of sp³-hybridized carbons (Fsp3) is 0.200. The van der Waals surface area contributed by atoms with E-state index >= 15 is 0 Å². The van der Waals surface area contributed by atoms with E-state index in [0.717, 1.165) is 5.39 Å². The Morgan fingerprint density at radius 2 is 1.73 bits per heavy atom. The minimum absolute atomic E-state index is 0.165. The summed E-state index contributed by atoms with van der Waals surface area (Å²) in [5.74, 6) is 1.05. The Kier molecular flexibility index (Phi) is 5.22. The number of rotatable bonds is 6. The second-order valence-electron chi connectivity index (χ2n) is 5.75. The summed E-state index contributed by atoms with van der Waals surface area (Å²) in [5.41, 5.74) is 1.54. The monoisotopic (exact) mass is 352 g/mol. The number of carbonyl (C=O) groups excluding carboxylic acids is 1. The van der Waals surface area contributed by atoms with Gasteiger partial charge in [0.1, 0.15) is 11.5 Å². The molecule has 2 aromatic carbocycles. The molecule has 3 rings (SSSR count). The van der Waals surface area contributed by atoms with Crippen molar-refractivity contribution in [1.29, 1.82) is 0 Å². The quantitative estimate of drug-likeness (QED) is 0.714. The molecule has 0 radical (unpaired) electrons. The average Bonchev–Trinajstić information content (AvgIpc) is 2.68. The molecule has 1 heterocycles. The topological polar surface area (TPSA) is 80.4 Å². The maximum absolute atomic E-state index is 12.4. The highest BCUT2D eigenvalue weighted by Gasteiger charge is 2.12. The van der Waals surface area contributed by atoms with Crippen LogP contribution >= 0.6 is 0 Å². The van der Waals surface area contributed by atoms with E-state index in [1.165, 1.54) is 0 Å². The fourth-order valence-electron chi connectivity index (χ4n) is 2.82. The van der Waals surface area contributed by atoms with Gasteiger partial charge in [-0.1, -0.05) is 18.2 Å². The predicted octanol–water partition coefficient (Wildman–Crippen LogP) is 2.52. The number of methoxy groups -OCH3 is 2. The fourth-order valence-corrected chi connectivity index (χ4v) is 2.82. The van der Waals surface area contributed by atoms with Crippen LogP contribution in [0.5, 0.6) is 11.5 Å². The molecule has 1 aromatic heterocycles. The Labute approximate surface area is 150 Å². The third kappa shape index (κ3) is 3.54. The number of H-pyrrole nitrogens is 1. The lowest BCUT2D eigenvalue weighted by Gasteiger charge is -2.11. The molecule has 0 aliphatic carbocycles. The number of aromatic amines is 1. The Hall–Kier alpha value is -3.28.